The Hall–Kier alpha value is -0.410. The zero-order chi connectivity index (χ0) is 8.43. The van der Waals surface area contributed by atoms with E-state index in [1.165, 1.54) is 0 Å². The lowest BCUT2D eigenvalue weighted by molar-refractivity contribution is -0.123. The van der Waals surface area contributed by atoms with Gasteiger partial charge in [-0.15, -0.1) is 0 Å². The molecule has 1 saturated heterocycles. The predicted molar refractivity (Wildman–Crippen MR) is 40.1 cm³/mol. The average Bonchev–Trinajstić information content (AvgIpc) is 2.31. The Kier molecular flexibility index (Phi) is 2.62. The fourth-order valence-electron chi connectivity index (χ4n) is 1.04. The molecule has 3 unspecified atom stereocenters. The highest BCUT2D eigenvalue weighted by atomic mass is 16.7. The van der Waals surface area contributed by atoms with Crippen molar-refractivity contribution >= 4 is 6.29 Å². The molecule has 0 aromatic rings. The summed E-state index contributed by atoms with van der Waals surface area (Å²) in [5, 5.41) is 0. The maximum atomic E-state index is 10.4. The molecular weight excluding hydrogens is 144 g/mol. The zero-order valence-electron chi connectivity index (χ0n) is 7.11. The van der Waals surface area contributed by atoms with Crippen molar-refractivity contribution in [1.82, 2.24) is 0 Å². The number of hydrogen-bond donors (Lipinski definition) is 0. The molecule has 3 heteroatoms. The molecule has 11 heavy (non-hydrogen) atoms. The summed E-state index contributed by atoms with van der Waals surface area (Å²) >= 11 is 0. The minimum Gasteiger partial charge on any atom is -0.346 e. The minimum atomic E-state index is -0.373. The highest BCUT2D eigenvalue weighted by Crippen LogP contribution is 2.22. The third-order valence-electron chi connectivity index (χ3n) is 1.78. The van der Waals surface area contributed by atoms with Gasteiger partial charge in [-0.05, 0) is 6.92 Å². The van der Waals surface area contributed by atoms with Crippen molar-refractivity contribution in [3.8, 4) is 0 Å². The van der Waals surface area contributed by atoms with Gasteiger partial charge in [-0.3, -0.25) is 0 Å². The fourth-order valence-corrected chi connectivity index (χ4v) is 1.04. The van der Waals surface area contributed by atoms with Crippen LogP contribution in [0.1, 0.15) is 20.8 Å². The topological polar surface area (TPSA) is 35.5 Å². The monoisotopic (exact) mass is 158 g/mol. The lowest BCUT2D eigenvalue weighted by atomic mass is 10.2. The Labute approximate surface area is 66.7 Å². The smallest absolute Gasteiger partial charge is 0.161 e. The van der Waals surface area contributed by atoms with Crippen LogP contribution < -0.4 is 0 Å². The molecule has 0 bridgehead atoms. The van der Waals surface area contributed by atoms with E-state index in [2.05, 4.69) is 0 Å². The van der Waals surface area contributed by atoms with Crippen LogP contribution in [0.2, 0.25) is 0 Å². The van der Waals surface area contributed by atoms with Gasteiger partial charge in [-0.1, -0.05) is 13.8 Å². The summed E-state index contributed by atoms with van der Waals surface area (Å²) in [6, 6.07) is 0. The highest BCUT2D eigenvalue weighted by molar-refractivity contribution is 5.57. The van der Waals surface area contributed by atoms with Gasteiger partial charge in [0, 0.05) is 5.92 Å². The van der Waals surface area contributed by atoms with E-state index >= 15 is 0 Å². The number of carbonyl (C=O) groups excluding carboxylic acids is 1. The van der Waals surface area contributed by atoms with Gasteiger partial charge in [-0.25, -0.2) is 0 Å². The molecule has 0 aliphatic carbocycles. The molecule has 1 fully saturated rings. The molecule has 1 heterocycles. The third kappa shape index (κ3) is 1.79. The fraction of sp³-hybridized carbons (Fsp3) is 0.875. The molecule has 0 aromatic carbocycles. The molecule has 0 N–H and O–H groups in total. The Morgan fingerprint density at radius 1 is 1.36 bits per heavy atom. The summed E-state index contributed by atoms with van der Waals surface area (Å²) in [7, 11) is 0. The second-order valence-electron chi connectivity index (χ2n) is 3.19. The minimum absolute atomic E-state index is 0.0973. The molecule has 0 amide bonds. The lowest BCUT2D eigenvalue weighted by Crippen LogP contribution is -2.20. The molecular formula is C8H14O3. The van der Waals surface area contributed by atoms with Gasteiger partial charge in [0.25, 0.3) is 0 Å². The molecule has 64 valence electrons. The molecule has 0 aromatic heterocycles. The summed E-state index contributed by atoms with van der Waals surface area (Å²) in [4.78, 5) is 10.4. The summed E-state index contributed by atoms with van der Waals surface area (Å²) in [5.41, 5.74) is 0. The molecule has 0 spiro atoms. The van der Waals surface area contributed by atoms with Crippen molar-refractivity contribution in [1.29, 1.82) is 0 Å². The van der Waals surface area contributed by atoms with E-state index in [0.717, 1.165) is 6.29 Å². The van der Waals surface area contributed by atoms with E-state index in [1.807, 2.05) is 20.8 Å². The lowest BCUT2D eigenvalue weighted by Gasteiger charge is -2.12. The molecule has 3 atom stereocenters. The Balaban J connectivity index is 2.49. The normalized spacial score (nSPS) is 38.0. The van der Waals surface area contributed by atoms with Crippen LogP contribution in [-0.2, 0) is 14.3 Å². The molecule has 1 rings (SSSR count). The van der Waals surface area contributed by atoms with E-state index in [9.17, 15) is 4.79 Å². The number of ether oxygens (including phenoxy) is 2. The van der Waals surface area contributed by atoms with Crippen molar-refractivity contribution in [3.63, 3.8) is 0 Å². The van der Waals surface area contributed by atoms with Crippen LogP contribution in [-0.4, -0.2) is 24.8 Å². The number of carbonyl (C=O) groups is 1. The molecule has 3 nitrogen and oxygen atoms in total. The van der Waals surface area contributed by atoms with Crippen molar-refractivity contribution < 1.29 is 14.3 Å². The van der Waals surface area contributed by atoms with Gasteiger partial charge in [-0.2, -0.15) is 0 Å². The molecule has 1 aliphatic rings. The summed E-state index contributed by atoms with van der Waals surface area (Å²) in [6.07, 6.45) is 0.120. The van der Waals surface area contributed by atoms with Gasteiger partial charge in [0.05, 0.1) is 6.10 Å². The first-order chi connectivity index (χ1) is 5.15. The van der Waals surface area contributed by atoms with Gasteiger partial charge in [0.1, 0.15) is 6.10 Å². The Morgan fingerprint density at radius 3 is 2.27 bits per heavy atom. The van der Waals surface area contributed by atoms with Crippen LogP contribution in [0.15, 0.2) is 0 Å². The molecule has 1 aliphatic heterocycles. The molecule has 0 radical (unpaired) electrons. The zero-order valence-corrected chi connectivity index (χ0v) is 7.11. The van der Waals surface area contributed by atoms with Gasteiger partial charge in [0.15, 0.2) is 12.6 Å². The van der Waals surface area contributed by atoms with Crippen molar-refractivity contribution in [2.45, 2.75) is 39.3 Å². The van der Waals surface area contributed by atoms with Crippen molar-refractivity contribution in [2.24, 2.45) is 5.92 Å². The van der Waals surface area contributed by atoms with Crippen LogP contribution in [0.25, 0.3) is 0 Å². The quantitative estimate of drug-likeness (QED) is 0.562. The van der Waals surface area contributed by atoms with E-state index in [4.69, 9.17) is 9.47 Å². The van der Waals surface area contributed by atoms with Gasteiger partial charge >= 0.3 is 0 Å². The summed E-state index contributed by atoms with van der Waals surface area (Å²) < 4.78 is 10.7. The standard InChI is InChI=1S/C8H14O3/c1-5(2)8-10-6(3)7(4-9)11-8/h4-8H,1-3H3. The summed E-state index contributed by atoms with van der Waals surface area (Å²) in [6.45, 7) is 5.86. The number of aldehydes is 1. The molecule has 0 saturated carbocycles. The van der Waals surface area contributed by atoms with E-state index in [-0.39, 0.29) is 18.5 Å². The highest BCUT2D eigenvalue weighted by Gasteiger charge is 2.34. The van der Waals surface area contributed by atoms with Crippen molar-refractivity contribution in [2.75, 3.05) is 0 Å². The van der Waals surface area contributed by atoms with E-state index < -0.39 is 0 Å². The van der Waals surface area contributed by atoms with Gasteiger partial charge < -0.3 is 14.3 Å². The van der Waals surface area contributed by atoms with Crippen LogP contribution in [0, 0.1) is 5.92 Å². The largest absolute Gasteiger partial charge is 0.346 e. The number of rotatable bonds is 2. The van der Waals surface area contributed by atoms with Crippen LogP contribution in [0.4, 0.5) is 0 Å². The van der Waals surface area contributed by atoms with Crippen LogP contribution >= 0.6 is 0 Å². The Bertz CT molecular complexity index is 144. The van der Waals surface area contributed by atoms with E-state index in [1.54, 1.807) is 0 Å². The van der Waals surface area contributed by atoms with E-state index in [0.29, 0.717) is 5.92 Å². The first kappa shape index (κ1) is 8.68. The maximum absolute atomic E-state index is 10.4. The second-order valence-corrected chi connectivity index (χ2v) is 3.19. The third-order valence-corrected chi connectivity index (χ3v) is 1.78. The first-order valence-electron chi connectivity index (χ1n) is 3.91. The SMILES string of the molecule is CC(C)C1OC(C)C(C=O)O1. The Morgan fingerprint density at radius 2 is 2.00 bits per heavy atom. The predicted octanol–water partition coefficient (Wildman–Crippen LogP) is 0.971. The average molecular weight is 158 g/mol. The van der Waals surface area contributed by atoms with Gasteiger partial charge in [0.2, 0.25) is 0 Å². The first-order valence-corrected chi connectivity index (χ1v) is 3.91. The summed E-state index contributed by atoms with van der Waals surface area (Å²) in [5.74, 6) is 0.308. The van der Waals surface area contributed by atoms with Crippen molar-refractivity contribution in [3.05, 3.63) is 0 Å². The van der Waals surface area contributed by atoms with Crippen LogP contribution in [0.3, 0.4) is 0 Å². The maximum Gasteiger partial charge on any atom is 0.161 e. The second kappa shape index (κ2) is 3.32. The number of hydrogen-bond acceptors (Lipinski definition) is 3. The van der Waals surface area contributed by atoms with Crippen LogP contribution in [0.5, 0.6) is 0 Å².